The topological polar surface area (TPSA) is 68.5 Å². The molecule has 1 aliphatic rings. The summed E-state index contributed by atoms with van der Waals surface area (Å²) < 4.78 is 23.7. The number of ether oxygens (including phenoxy) is 1. The van der Waals surface area contributed by atoms with Crippen molar-refractivity contribution in [3.05, 3.63) is 77.2 Å². The number of para-hydroxylation sites is 1. The van der Waals surface area contributed by atoms with Gasteiger partial charge in [0.15, 0.2) is 5.82 Å². The number of carbonyl (C=O) groups excluding carboxylic acids is 1. The zero-order valence-corrected chi connectivity index (χ0v) is 14.8. The second-order valence-corrected chi connectivity index (χ2v) is 6.45. The lowest BCUT2D eigenvalue weighted by Crippen LogP contribution is -2.48. The summed E-state index contributed by atoms with van der Waals surface area (Å²) >= 11 is 0. The molecular weight excluding hydrogens is 349 g/mol. The Kier molecular flexibility index (Phi) is 4.58. The minimum Gasteiger partial charge on any atom is -0.496 e. The Hall–Kier alpha value is -3.22. The van der Waals surface area contributed by atoms with E-state index < -0.39 is 0 Å². The van der Waals surface area contributed by atoms with E-state index >= 15 is 0 Å². The van der Waals surface area contributed by atoms with Gasteiger partial charge in [0.25, 0.3) is 5.91 Å². The number of likely N-dealkylation sites (tertiary alicyclic amines) is 1. The lowest BCUT2D eigenvalue weighted by atomic mass is 9.98. The Morgan fingerprint density at radius 2 is 1.96 bits per heavy atom. The van der Waals surface area contributed by atoms with Gasteiger partial charge in [0.05, 0.1) is 13.0 Å². The van der Waals surface area contributed by atoms with Crippen LogP contribution >= 0.6 is 0 Å². The first-order valence-corrected chi connectivity index (χ1v) is 8.63. The molecule has 0 saturated carbocycles. The summed E-state index contributed by atoms with van der Waals surface area (Å²) in [6, 6.07) is 13.2. The molecule has 138 valence electrons. The normalized spacial score (nSPS) is 14.1. The van der Waals surface area contributed by atoms with Crippen LogP contribution in [0.2, 0.25) is 0 Å². The molecule has 0 radical (unpaired) electrons. The summed E-state index contributed by atoms with van der Waals surface area (Å²) in [5.41, 5.74) is 1.45. The van der Waals surface area contributed by atoms with E-state index in [1.165, 1.54) is 24.3 Å². The van der Waals surface area contributed by atoms with Crippen molar-refractivity contribution >= 4 is 5.91 Å². The molecule has 1 fully saturated rings. The van der Waals surface area contributed by atoms with Gasteiger partial charge < -0.3 is 14.2 Å². The highest BCUT2D eigenvalue weighted by Crippen LogP contribution is 2.28. The lowest BCUT2D eigenvalue weighted by Gasteiger charge is -2.37. The second-order valence-electron chi connectivity index (χ2n) is 6.45. The van der Waals surface area contributed by atoms with Crippen LogP contribution in [0.3, 0.4) is 0 Å². The van der Waals surface area contributed by atoms with E-state index in [1.54, 1.807) is 12.0 Å². The van der Waals surface area contributed by atoms with Crippen molar-refractivity contribution in [1.82, 2.24) is 15.0 Å². The van der Waals surface area contributed by atoms with Gasteiger partial charge in [-0.25, -0.2) is 4.39 Å². The molecule has 0 atom stereocenters. The number of nitrogens with zero attached hydrogens (tertiary/aromatic N) is 3. The lowest BCUT2D eigenvalue weighted by molar-refractivity contribution is 0.0569. The van der Waals surface area contributed by atoms with Crippen LogP contribution in [-0.4, -0.2) is 41.1 Å². The van der Waals surface area contributed by atoms with E-state index in [2.05, 4.69) is 10.1 Å². The highest BCUT2D eigenvalue weighted by Gasteiger charge is 2.36. The maximum atomic E-state index is 13.0. The minimum atomic E-state index is -0.360. The third-order valence-corrected chi connectivity index (χ3v) is 4.63. The van der Waals surface area contributed by atoms with Crippen LogP contribution in [0.15, 0.2) is 53.1 Å². The van der Waals surface area contributed by atoms with Crippen LogP contribution in [-0.2, 0) is 6.42 Å². The van der Waals surface area contributed by atoms with Crippen molar-refractivity contribution in [1.29, 1.82) is 0 Å². The van der Waals surface area contributed by atoms with E-state index in [0.717, 1.165) is 11.3 Å². The summed E-state index contributed by atoms with van der Waals surface area (Å²) in [6.07, 6.45) is 0.512. The Bertz CT molecular complexity index is 949. The average Bonchev–Trinajstić information content (AvgIpc) is 3.09. The quantitative estimate of drug-likeness (QED) is 0.693. The molecule has 1 saturated heterocycles. The predicted molar refractivity (Wildman–Crippen MR) is 95.1 cm³/mol. The minimum absolute atomic E-state index is 0.0216. The molecule has 0 N–H and O–H groups in total. The molecule has 7 heteroatoms. The molecule has 3 aromatic rings. The van der Waals surface area contributed by atoms with Gasteiger partial charge in [-0.15, -0.1) is 0 Å². The Morgan fingerprint density at radius 1 is 1.22 bits per heavy atom. The van der Waals surface area contributed by atoms with E-state index in [1.807, 2.05) is 24.3 Å². The van der Waals surface area contributed by atoms with Crippen LogP contribution < -0.4 is 4.74 Å². The van der Waals surface area contributed by atoms with Gasteiger partial charge in [-0.2, -0.15) is 4.98 Å². The Balaban J connectivity index is 1.38. The highest BCUT2D eigenvalue weighted by molar-refractivity contribution is 5.94. The third-order valence-electron chi connectivity index (χ3n) is 4.63. The molecule has 0 spiro atoms. The first kappa shape index (κ1) is 17.2. The molecular formula is C20H18FN3O3. The molecule has 0 aliphatic carbocycles. The zero-order valence-electron chi connectivity index (χ0n) is 14.8. The van der Waals surface area contributed by atoms with Crippen LogP contribution in [0.25, 0.3) is 0 Å². The van der Waals surface area contributed by atoms with E-state index in [4.69, 9.17) is 9.26 Å². The largest absolute Gasteiger partial charge is 0.496 e. The smallest absolute Gasteiger partial charge is 0.253 e. The standard InChI is InChI=1S/C20H18FN3O3/c1-26-17-5-3-2-4-14(17)10-18-22-19(27-23-18)15-11-24(12-15)20(25)13-6-8-16(21)9-7-13/h2-9,15H,10-12H2,1H3. The Labute approximate surface area is 155 Å². The summed E-state index contributed by atoms with van der Waals surface area (Å²) in [5, 5.41) is 4.04. The number of halogens is 1. The molecule has 0 unspecified atom stereocenters. The van der Waals surface area contributed by atoms with Crippen molar-refractivity contribution in [2.24, 2.45) is 0 Å². The number of amides is 1. The van der Waals surface area contributed by atoms with Crippen molar-refractivity contribution in [2.45, 2.75) is 12.3 Å². The van der Waals surface area contributed by atoms with Gasteiger partial charge in [-0.1, -0.05) is 23.4 Å². The van der Waals surface area contributed by atoms with Crippen molar-refractivity contribution in [3.8, 4) is 5.75 Å². The number of hydrogen-bond acceptors (Lipinski definition) is 5. The van der Waals surface area contributed by atoms with E-state index in [0.29, 0.717) is 36.8 Å². The van der Waals surface area contributed by atoms with Crippen LogP contribution in [0.4, 0.5) is 4.39 Å². The molecule has 1 aliphatic heterocycles. The molecule has 1 aromatic heterocycles. The van der Waals surface area contributed by atoms with Crippen LogP contribution in [0, 0.1) is 5.82 Å². The van der Waals surface area contributed by atoms with Crippen molar-refractivity contribution < 1.29 is 18.4 Å². The van der Waals surface area contributed by atoms with Gasteiger partial charge in [0, 0.05) is 30.6 Å². The zero-order chi connectivity index (χ0) is 18.8. The van der Waals surface area contributed by atoms with Crippen LogP contribution in [0.5, 0.6) is 5.75 Å². The fourth-order valence-corrected chi connectivity index (χ4v) is 3.10. The van der Waals surface area contributed by atoms with Gasteiger partial charge in [-0.3, -0.25) is 4.79 Å². The summed E-state index contributed by atoms with van der Waals surface area (Å²) in [4.78, 5) is 18.5. The summed E-state index contributed by atoms with van der Waals surface area (Å²) in [6.45, 7) is 1.01. The molecule has 2 heterocycles. The second kappa shape index (κ2) is 7.19. The highest BCUT2D eigenvalue weighted by atomic mass is 19.1. The van der Waals surface area contributed by atoms with E-state index in [9.17, 15) is 9.18 Å². The fourth-order valence-electron chi connectivity index (χ4n) is 3.10. The number of aromatic nitrogens is 2. The Morgan fingerprint density at radius 3 is 2.70 bits per heavy atom. The number of rotatable bonds is 5. The predicted octanol–water partition coefficient (Wildman–Crippen LogP) is 3.05. The summed E-state index contributed by atoms with van der Waals surface area (Å²) in [7, 11) is 1.63. The molecule has 6 nitrogen and oxygen atoms in total. The van der Waals surface area contributed by atoms with Crippen molar-refractivity contribution in [3.63, 3.8) is 0 Å². The first-order chi connectivity index (χ1) is 13.1. The van der Waals surface area contributed by atoms with Crippen LogP contribution in [0.1, 0.15) is 33.6 Å². The van der Waals surface area contributed by atoms with E-state index in [-0.39, 0.29) is 17.6 Å². The SMILES string of the molecule is COc1ccccc1Cc1noc(C2CN(C(=O)c3ccc(F)cc3)C2)n1. The van der Waals surface area contributed by atoms with Gasteiger partial charge in [0.1, 0.15) is 11.6 Å². The molecule has 0 bridgehead atoms. The third kappa shape index (κ3) is 3.53. The maximum absolute atomic E-state index is 13.0. The first-order valence-electron chi connectivity index (χ1n) is 8.63. The van der Waals surface area contributed by atoms with Gasteiger partial charge in [-0.05, 0) is 30.3 Å². The number of carbonyl (C=O) groups is 1. The van der Waals surface area contributed by atoms with Gasteiger partial charge in [0.2, 0.25) is 5.89 Å². The van der Waals surface area contributed by atoms with Crippen molar-refractivity contribution in [2.75, 3.05) is 20.2 Å². The number of benzene rings is 2. The monoisotopic (exact) mass is 367 g/mol. The number of hydrogen-bond donors (Lipinski definition) is 0. The molecule has 4 rings (SSSR count). The number of methoxy groups -OCH3 is 1. The maximum Gasteiger partial charge on any atom is 0.253 e. The molecule has 27 heavy (non-hydrogen) atoms. The molecule has 1 amide bonds. The summed E-state index contributed by atoms with van der Waals surface area (Å²) in [5.74, 6) is 1.43. The fraction of sp³-hybridized carbons (Fsp3) is 0.250. The molecule has 2 aromatic carbocycles. The average molecular weight is 367 g/mol. The van der Waals surface area contributed by atoms with Gasteiger partial charge >= 0.3 is 0 Å².